The summed E-state index contributed by atoms with van der Waals surface area (Å²) in [6.07, 6.45) is 8.73. The normalized spacial score (nSPS) is 17.2. The maximum atomic E-state index is 14.8. The van der Waals surface area contributed by atoms with Gasteiger partial charge in [0.1, 0.15) is 28.8 Å². The molecule has 2 aromatic rings. The third-order valence-electron chi connectivity index (χ3n) is 12.9. The third-order valence-corrected chi connectivity index (χ3v) is 13.9. The predicted molar refractivity (Wildman–Crippen MR) is 277 cm³/mol. The number of unbranched alkanes of at least 4 members (excludes halogenated alkanes) is 1. The zero-order valence-electron chi connectivity index (χ0n) is 44.4. The first kappa shape index (κ1) is 61.4. The summed E-state index contributed by atoms with van der Waals surface area (Å²) in [5.74, 6) is -2.56. The largest absolute Gasteiger partial charge is 0.481 e. The minimum atomic E-state index is -1.26. The number of carboxylic acids is 1. The summed E-state index contributed by atoms with van der Waals surface area (Å²) in [5.41, 5.74) is 5.40. The van der Waals surface area contributed by atoms with E-state index in [1.54, 1.807) is 38.1 Å². The van der Waals surface area contributed by atoms with Crippen molar-refractivity contribution in [1.29, 1.82) is 0 Å². The number of likely N-dealkylation sites (N-methyl/N-ethyl adjacent to an activating group) is 1. The number of benzene rings is 1. The second-order valence-electron chi connectivity index (χ2n) is 20.1. The number of piperidine rings is 1. The number of nitrogens with one attached hydrogen (secondary N) is 5. The molecular formula is C52H79N9O11S. The van der Waals surface area contributed by atoms with Crippen LogP contribution >= 0.6 is 11.3 Å². The molecule has 0 radical (unpaired) electrons. The molecule has 3 rings (SSSR count). The van der Waals surface area contributed by atoms with Gasteiger partial charge in [-0.2, -0.15) is 0 Å². The van der Waals surface area contributed by atoms with Crippen LogP contribution in [0.3, 0.4) is 0 Å². The minimum absolute atomic E-state index is 0.00735. The van der Waals surface area contributed by atoms with Crippen LogP contribution in [-0.4, -0.2) is 130 Å². The molecule has 1 aliphatic heterocycles. The van der Waals surface area contributed by atoms with Crippen LogP contribution in [0.5, 0.6) is 0 Å². The maximum Gasteiger partial charge on any atom is 0.309 e. The molecule has 1 aliphatic rings. The fraction of sp³-hybridized carbons (Fsp3) is 0.635. The molecule has 0 spiro atoms. The number of aliphatic carboxylic acids is 1. The number of amides is 6. The van der Waals surface area contributed by atoms with Crippen molar-refractivity contribution in [3.05, 3.63) is 45.9 Å². The van der Waals surface area contributed by atoms with Gasteiger partial charge < -0.3 is 42.2 Å². The fourth-order valence-electron chi connectivity index (χ4n) is 8.14. The van der Waals surface area contributed by atoms with E-state index in [2.05, 4.69) is 37.5 Å². The molecule has 6 amide bonds. The highest BCUT2D eigenvalue weighted by atomic mass is 32.1. The summed E-state index contributed by atoms with van der Waals surface area (Å²) in [6, 6.07) is 1.24. The second-order valence-corrected chi connectivity index (χ2v) is 21.0. The van der Waals surface area contributed by atoms with Crippen molar-refractivity contribution in [1.82, 2.24) is 36.2 Å². The van der Waals surface area contributed by atoms with E-state index in [1.807, 2.05) is 39.6 Å². The number of hydrogen-bond donors (Lipinski definition) is 7. The van der Waals surface area contributed by atoms with Gasteiger partial charge in [-0.05, 0) is 110 Å². The van der Waals surface area contributed by atoms with Crippen LogP contribution in [0, 0.1) is 29.6 Å². The molecule has 0 unspecified atom stereocenters. The van der Waals surface area contributed by atoms with Gasteiger partial charge in [0.2, 0.25) is 23.6 Å². The molecule has 21 heteroatoms. The average Bonchev–Trinajstić information content (AvgIpc) is 3.83. The van der Waals surface area contributed by atoms with E-state index >= 15 is 0 Å². The second kappa shape index (κ2) is 29.1. The van der Waals surface area contributed by atoms with Crippen molar-refractivity contribution >= 4 is 64.4 Å². The SMILES string of the molecule is C#CCCCON(C(=O)[C@@H](NC(=O)[C@H]1CCCCN1C)[C@@H](C)CC)[C@H](C[C@@H](OC(C)=O)c1nc(C(=O)N[C@@H](Cc2ccc(NC(=O)[C@H](C)NC(=O)[C@H](C)NC(=O)[C@H](C)N)cc2)CC(C)(C)C(=O)O)cs1)C(C)C. The standard InChI is InChI=1S/C52H79N9O11S/c1-13-15-18-25-71-61(50(68)43(31(5)14-2)59-48(67)40-19-16-17-24-60(40)12)41(30(3)4)27-42(72-35(9)62)49-58-39(29-73-49)47(66)57-38(28-52(10,11)51(69)70)26-36-20-22-37(23-21-36)56-46(65)34(8)55-45(64)33(7)54-44(63)32(6)53/h1,20-23,29-34,38,40-43H,14-19,24-28,53H2,2-12H3,(H,54,63)(H,55,64)(H,56,65)(H,57,66)(H,59,67)(H,69,70)/t31-,32-,33-,34-,38-,40+,41+,42+,43-/m0/s1. The molecule has 1 saturated heterocycles. The number of hydrogen-bond acceptors (Lipinski definition) is 14. The Morgan fingerprint density at radius 3 is 2.18 bits per heavy atom. The van der Waals surface area contributed by atoms with Gasteiger partial charge in [-0.3, -0.25) is 48.1 Å². The van der Waals surface area contributed by atoms with E-state index in [1.165, 1.54) is 38.1 Å². The number of nitrogens with two attached hydrogens (primary N) is 1. The molecule has 404 valence electrons. The number of hydroxylamine groups is 2. The summed E-state index contributed by atoms with van der Waals surface area (Å²) in [7, 11) is 1.90. The Hall–Kier alpha value is -5.95. The molecule has 0 aliphatic carbocycles. The lowest BCUT2D eigenvalue weighted by atomic mass is 9.84. The number of terminal acetylenes is 1. The van der Waals surface area contributed by atoms with Crippen LogP contribution in [0.2, 0.25) is 0 Å². The topological polar surface area (TPSA) is 281 Å². The number of carboxylic acid groups (broad SMARTS) is 1. The first-order chi connectivity index (χ1) is 34.3. The zero-order chi connectivity index (χ0) is 54.7. The van der Waals surface area contributed by atoms with E-state index in [9.17, 15) is 43.5 Å². The van der Waals surface area contributed by atoms with Crippen LogP contribution in [0.1, 0.15) is 148 Å². The first-order valence-electron chi connectivity index (χ1n) is 25.1. The summed E-state index contributed by atoms with van der Waals surface area (Å²) < 4.78 is 5.87. The summed E-state index contributed by atoms with van der Waals surface area (Å²) in [6.45, 7) is 17.3. The molecule has 20 nitrogen and oxygen atoms in total. The number of likely N-dealkylation sites (tertiary alicyclic amines) is 1. The number of nitrogens with zero attached hydrogens (tertiary/aromatic N) is 3. The molecule has 73 heavy (non-hydrogen) atoms. The number of thiazole rings is 1. The van der Waals surface area contributed by atoms with E-state index in [0.717, 1.165) is 30.7 Å². The van der Waals surface area contributed by atoms with Gasteiger partial charge in [0, 0.05) is 36.9 Å². The zero-order valence-corrected chi connectivity index (χ0v) is 45.2. The number of anilines is 1. The van der Waals surface area contributed by atoms with Crippen LogP contribution in [-0.2, 0) is 49.6 Å². The average molecular weight is 1040 g/mol. The quantitative estimate of drug-likeness (QED) is 0.0268. The highest BCUT2D eigenvalue weighted by Gasteiger charge is 2.40. The molecule has 1 fully saturated rings. The van der Waals surface area contributed by atoms with Crippen molar-refractivity contribution < 1.29 is 53.0 Å². The number of ether oxygens (including phenoxy) is 1. The van der Waals surface area contributed by atoms with Gasteiger partial charge >= 0.3 is 11.9 Å². The van der Waals surface area contributed by atoms with Gasteiger partial charge in [0.15, 0.2) is 6.10 Å². The minimum Gasteiger partial charge on any atom is -0.481 e. The van der Waals surface area contributed by atoms with Gasteiger partial charge in [-0.15, -0.1) is 23.7 Å². The van der Waals surface area contributed by atoms with Gasteiger partial charge in [0.05, 0.1) is 30.1 Å². The number of carbonyl (C=O) groups excluding carboxylic acids is 7. The van der Waals surface area contributed by atoms with Crippen LogP contribution < -0.4 is 32.3 Å². The highest BCUT2D eigenvalue weighted by Crippen LogP contribution is 2.33. The molecule has 1 aromatic carbocycles. The van der Waals surface area contributed by atoms with Crippen molar-refractivity contribution in [2.24, 2.45) is 23.0 Å². The molecular weight excluding hydrogens is 959 g/mol. The molecule has 0 saturated carbocycles. The van der Waals surface area contributed by atoms with Gasteiger partial charge in [-0.1, -0.05) is 52.7 Å². The number of esters is 1. The summed E-state index contributed by atoms with van der Waals surface area (Å²) in [4.78, 5) is 118. The Morgan fingerprint density at radius 1 is 0.959 bits per heavy atom. The van der Waals surface area contributed by atoms with E-state index in [0.29, 0.717) is 36.9 Å². The van der Waals surface area contributed by atoms with Crippen molar-refractivity contribution in [2.75, 3.05) is 25.5 Å². The monoisotopic (exact) mass is 1040 g/mol. The Kier molecular flexibility index (Phi) is 24.4. The number of aromatic nitrogens is 1. The first-order valence-corrected chi connectivity index (χ1v) is 26.0. The van der Waals surface area contributed by atoms with Crippen LogP contribution in [0.15, 0.2) is 29.6 Å². The Morgan fingerprint density at radius 2 is 1.60 bits per heavy atom. The number of carbonyl (C=O) groups is 8. The lowest BCUT2D eigenvalue weighted by molar-refractivity contribution is -0.213. The maximum absolute atomic E-state index is 14.8. The molecule has 0 bridgehead atoms. The Bertz CT molecular complexity index is 2250. The lowest BCUT2D eigenvalue weighted by Crippen LogP contribution is -2.58. The molecule has 2 heterocycles. The Labute approximate surface area is 434 Å². The van der Waals surface area contributed by atoms with E-state index in [4.69, 9.17) is 21.7 Å². The van der Waals surface area contributed by atoms with E-state index < -0.39 is 89.2 Å². The van der Waals surface area contributed by atoms with Gasteiger partial charge in [-0.25, -0.2) is 10.0 Å². The molecule has 9 atom stereocenters. The molecule has 8 N–H and O–H groups in total. The van der Waals surface area contributed by atoms with E-state index in [-0.39, 0.29) is 60.4 Å². The van der Waals surface area contributed by atoms with Crippen molar-refractivity contribution in [3.63, 3.8) is 0 Å². The smallest absolute Gasteiger partial charge is 0.309 e. The van der Waals surface area contributed by atoms with Gasteiger partial charge in [0.25, 0.3) is 11.8 Å². The van der Waals surface area contributed by atoms with Crippen molar-refractivity contribution in [3.8, 4) is 12.3 Å². The highest BCUT2D eigenvalue weighted by molar-refractivity contribution is 7.09. The third kappa shape index (κ3) is 19.1. The summed E-state index contributed by atoms with van der Waals surface area (Å²) in [5, 5.41) is 26.9. The Balaban J connectivity index is 1.87. The molecule has 1 aromatic heterocycles. The predicted octanol–water partition coefficient (Wildman–Crippen LogP) is 4.49. The lowest BCUT2D eigenvalue weighted by Gasteiger charge is -2.39. The van der Waals surface area contributed by atoms with Crippen LogP contribution in [0.25, 0.3) is 0 Å². The summed E-state index contributed by atoms with van der Waals surface area (Å²) >= 11 is 1.08. The van der Waals surface area contributed by atoms with Crippen LogP contribution in [0.4, 0.5) is 5.69 Å². The van der Waals surface area contributed by atoms with Crippen molar-refractivity contribution in [2.45, 2.75) is 175 Å². The fourth-order valence-corrected chi connectivity index (χ4v) is 8.98. The number of rotatable bonds is 28.